The van der Waals surface area contributed by atoms with Gasteiger partial charge in [-0.25, -0.2) is 9.59 Å². The van der Waals surface area contributed by atoms with Gasteiger partial charge in [0.2, 0.25) is 0 Å². The van der Waals surface area contributed by atoms with Crippen molar-refractivity contribution in [3.05, 3.63) is 30.3 Å². The van der Waals surface area contributed by atoms with E-state index in [0.717, 1.165) is 18.5 Å². The molecule has 0 atom stereocenters. The van der Waals surface area contributed by atoms with Crippen molar-refractivity contribution in [1.82, 2.24) is 15.5 Å². The first-order valence-electron chi connectivity index (χ1n) is 11.9. The molecule has 1 aromatic rings. The molecular weight excluding hydrogens is 376 g/mol. The summed E-state index contributed by atoms with van der Waals surface area (Å²) in [6, 6.07) is 9.86. The standard InChI is InChI=1S/C24H36N4O2/c29-23(25-20-12-2-1-3-13-20)26-21-14-16-28(17-15-21)24(30)27-22(18-8-4-5-9-18)19-10-6-7-11-19/h1-3,12-13,18-19,21-22H,4-11,14-17H2,(H,27,30)(H2,25,26,29). The second-order valence-electron chi connectivity index (χ2n) is 9.29. The number of carbonyl (C=O) groups is 2. The molecule has 1 aliphatic heterocycles. The van der Waals surface area contributed by atoms with E-state index in [1.165, 1.54) is 51.4 Å². The van der Waals surface area contributed by atoms with Crippen molar-refractivity contribution in [3.63, 3.8) is 0 Å². The summed E-state index contributed by atoms with van der Waals surface area (Å²) in [6.07, 6.45) is 11.9. The van der Waals surface area contributed by atoms with E-state index in [4.69, 9.17) is 0 Å². The number of hydrogen-bond acceptors (Lipinski definition) is 2. The number of carbonyl (C=O) groups excluding carboxylic acids is 2. The summed E-state index contributed by atoms with van der Waals surface area (Å²) in [5.74, 6) is 1.33. The van der Waals surface area contributed by atoms with Crippen LogP contribution in [0.1, 0.15) is 64.2 Å². The molecule has 4 rings (SSSR count). The number of benzene rings is 1. The van der Waals surface area contributed by atoms with Gasteiger partial charge in [0.1, 0.15) is 0 Å². The third kappa shape index (κ3) is 5.46. The third-order valence-electron chi connectivity index (χ3n) is 7.25. The molecule has 4 amide bonds. The summed E-state index contributed by atoms with van der Waals surface area (Å²) in [5, 5.41) is 9.36. The molecule has 0 radical (unpaired) electrons. The Bertz CT molecular complexity index is 674. The molecule has 3 aliphatic rings. The first-order chi connectivity index (χ1) is 14.7. The van der Waals surface area contributed by atoms with Gasteiger partial charge < -0.3 is 20.9 Å². The van der Waals surface area contributed by atoms with Crippen LogP contribution in [0, 0.1) is 11.8 Å². The Morgan fingerprint density at radius 3 is 1.97 bits per heavy atom. The number of likely N-dealkylation sites (tertiary alicyclic amines) is 1. The Morgan fingerprint density at radius 1 is 0.833 bits per heavy atom. The molecule has 0 aromatic heterocycles. The first kappa shape index (κ1) is 21.0. The topological polar surface area (TPSA) is 73.5 Å². The maximum absolute atomic E-state index is 13.0. The van der Waals surface area contributed by atoms with Crippen LogP contribution >= 0.6 is 0 Å². The molecular formula is C24H36N4O2. The van der Waals surface area contributed by atoms with E-state index in [0.29, 0.717) is 31.0 Å². The minimum absolute atomic E-state index is 0.103. The molecule has 2 aliphatic carbocycles. The van der Waals surface area contributed by atoms with Gasteiger partial charge in [-0.2, -0.15) is 0 Å². The minimum Gasteiger partial charge on any atom is -0.335 e. The lowest BCUT2D eigenvalue weighted by Crippen LogP contribution is -2.54. The lowest BCUT2D eigenvalue weighted by Gasteiger charge is -2.36. The van der Waals surface area contributed by atoms with Gasteiger partial charge in [-0.05, 0) is 62.5 Å². The Morgan fingerprint density at radius 2 is 1.40 bits per heavy atom. The van der Waals surface area contributed by atoms with Crippen molar-refractivity contribution in [2.24, 2.45) is 11.8 Å². The van der Waals surface area contributed by atoms with Gasteiger partial charge in [0, 0.05) is 30.9 Å². The van der Waals surface area contributed by atoms with E-state index in [2.05, 4.69) is 16.0 Å². The van der Waals surface area contributed by atoms with Crippen LogP contribution in [0.4, 0.5) is 15.3 Å². The SMILES string of the molecule is O=C(Nc1ccccc1)NC1CCN(C(=O)NC(C2CCCC2)C2CCCC2)CC1. The molecule has 2 saturated carbocycles. The predicted molar refractivity (Wildman–Crippen MR) is 119 cm³/mol. The minimum atomic E-state index is -0.174. The van der Waals surface area contributed by atoms with Crippen molar-refractivity contribution in [2.45, 2.75) is 76.3 Å². The number of hydrogen-bond donors (Lipinski definition) is 3. The largest absolute Gasteiger partial charge is 0.335 e. The van der Waals surface area contributed by atoms with Crippen LogP contribution in [0.2, 0.25) is 0 Å². The zero-order chi connectivity index (χ0) is 20.8. The van der Waals surface area contributed by atoms with Gasteiger partial charge >= 0.3 is 12.1 Å². The fourth-order valence-corrected chi connectivity index (χ4v) is 5.59. The van der Waals surface area contributed by atoms with Crippen molar-refractivity contribution >= 4 is 17.7 Å². The highest BCUT2D eigenvalue weighted by molar-refractivity contribution is 5.89. The summed E-state index contributed by atoms with van der Waals surface area (Å²) < 4.78 is 0. The molecule has 6 nitrogen and oxygen atoms in total. The highest BCUT2D eigenvalue weighted by Gasteiger charge is 2.35. The Kier molecular flexibility index (Phi) is 7.13. The molecule has 1 aromatic carbocycles. The smallest absolute Gasteiger partial charge is 0.319 e. The fourth-order valence-electron chi connectivity index (χ4n) is 5.59. The van der Waals surface area contributed by atoms with Gasteiger partial charge in [-0.3, -0.25) is 0 Å². The number of nitrogens with one attached hydrogen (secondary N) is 3. The van der Waals surface area contributed by atoms with Crippen molar-refractivity contribution in [2.75, 3.05) is 18.4 Å². The molecule has 1 heterocycles. The van der Waals surface area contributed by atoms with Crippen LogP contribution in [-0.4, -0.2) is 42.1 Å². The number of nitrogens with zero attached hydrogens (tertiary/aromatic N) is 1. The second kappa shape index (κ2) is 10.2. The van der Waals surface area contributed by atoms with E-state index in [1.807, 2.05) is 35.2 Å². The third-order valence-corrected chi connectivity index (χ3v) is 7.25. The summed E-state index contributed by atoms with van der Waals surface area (Å²) in [6.45, 7) is 1.40. The van der Waals surface area contributed by atoms with Gasteiger partial charge in [-0.15, -0.1) is 0 Å². The lowest BCUT2D eigenvalue weighted by atomic mass is 9.86. The van der Waals surface area contributed by atoms with E-state index >= 15 is 0 Å². The van der Waals surface area contributed by atoms with Gasteiger partial charge in [0.15, 0.2) is 0 Å². The average molecular weight is 413 g/mol. The van der Waals surface area contributed by atoms with Gasteiger partial charge in [0.05, 0.1) is 0 Å². The molecule has 3 fully saturated rings. The average Bonchev–Trinajstić information content (AvgIpc) is 3.48. The summed E-state index contributed by atoms with van der Waals surface area (Å²) in [4.78, 5) is 27.2. The van der Waals surface area contributed by atoms with E-state index in [9.17, 15) is 9.59 Å². The number of piperidine rings is 1. The number of amides is 4. The maximum Gasteiger partial charge on any atom is 0.319 e. The van der Waals surface area contributed by atoms with Crippen LogP contribution in [0.15, 0.2) is 30.3 Å². The van der Waals surface area contributed by atoms with Crippen molar-refractivity contribution in [1.29, 1.82) is 0 Å². The molecule has 164 valence electrons. The monoisotopic (exact) mass is 412 g/mol. The first-order valence-corrected chi connectivity index (χ1v) is 11.9. The van der Waals surface area contributed by atoms with E-state index in [1.54, 1.807) is 0 Å². The maximum atomic E-state index is 13.0. The molecule has 3 N–H and O–H groups in total. The van der Waals surface area contributed by atoms with Crippen LogP contribution in [0.25, 0.3) is 0 Å². The highest BCUT2D eigenvalue weighted by Crippen LogP contribution is 2.37. The number of para-hydroxylation sites is 1. The lowest BCUT2D eigenvalue weighted by molar-refractivity contribution is 0.161. The predicted octanol–water partition coefficient (Wildman–Crippen LogP) is 4.73. The molecule has 0 bridgehead atoms. The zero-order valence-electron chi connectivity index (χ0n) is 17.9. The summed E-state index contributed by atoms with van der Waals surface area (Å²) in [7, 11) is 0. The van der Waals surface area contributed by atoms with E-state index in [-0.39, 0.29) is 18.1 Å². The molecule has 1 saturated heterocycles. The van der Waals surface area contributed by atoms with Crippen LogP contribution < -0.4 is 16.0 Å². The Hall–Kier alpha value is -2.24. The van der Waals surface area contributed by atoms with Gasteiger partial charge in [0.25, 0.3) is 0 Å². The van der Waals surface area contributed by atoms with Crippen molar-refractivity contribution in [3.8, 4) is 0 Å². The summed E-state index contributed by atoms with van der Waals surface area (Å²) >= 11 is 0. The van der Waals surface area contributed by atoms with Gasteiger partial charge in [-0.1, -0.05) is 43.9 Å². The normalized spacial score (nSPS) is 21.2. The number of urea groups is 2. The van der Waals surface area contributed by atoms with Crippen LogP contribution in [-0.2, 0) is 0 Å². The molecule has 0 spiro atoms. The quantitative estimate of drug-likeness (QED) is 0.654. The number of rotatable bonds is 5. The summed E-state index contributed by atoms with van der Waals surface area (Å²) in [5.41, 5.74) is 0.789. The van der Waals surface area contributed by atoms with Crippen LogP contribution in [0.3, 0.4) is 0 Å². The molecule has 0 unspecified atom stereocenters. The molecule has 6 heteroatoms. The molecule has 30 heavy (non-hydrogen) atoms. The number of anilines is 1. The Balaban J connectivity index is 1.23. The van der Waals surface area contributed by atoms with Crippen molar-refractivity contribution < 1.29 is 9.59 Å². The van der Waals surface area contributed by atoms with Crippen LogP contribution in [0.5, 0.6) is 0 Å². The highest BCUT2D eigenvalue weighted by atomic mass is 16.2. The van der Waals surface area contributed by atoms with E-state index < -0.39 is 0 Å². The fraction of sp³-hybridized carbons (Fsp3) is 0.667. The zero-order valence-corrected chi connectivity index (χ0v) is 17.9. The Labute approximate surface area is 180 Å². The second-order valence-corrected chi connectivity index (χ2v) is 9.29.